The highest BCUT2D eigenvalue weighted by atomic mass is 16.3. The highest BCUT2D eigenvalue weighted by Crippen LogP contribution is 2.19. The van der Waals surface area contributed by atoms with E-state index in [2.05, 4.69) is 10.3 Å². The number of carbonyl (C=O) groups excluding carboxylic acids is 1. The van der Waals surface area contributed by atoms with Crippen molar-refractivity contribution in [2.24, 2.45) is 0 Å². The molecule has 1 aromatic carbocycles. The Morgan fingerprint density at radius 3 is 2.68 bits per heavy atom. The van der Waals surface area contributed by atoms with Gasteiger partial charge in [0.2, 0.25) is 11.1 Å². The lowest BCUT2D eigenvalue weighted by atomic mass is 10.1. The van der Waals surface area contributed by atoms with Crippen LogP contribution in [0.2, 0.25) is 0 Å². The molecule has 0 aliphatic heterocycles. The summed E-state index contributed by atoms with van der Waals surface area (Å²) in [7, 11) is 0. The van der Waals surface area contributed by atoms with Gasteiger partial charge in [0.1, 0.15) is 5.58 Å². The van der Waals surface area contributed by atoms with Crippen LogP contribution < -0.4 is 10.7 Å². The molecule has 0 spiro atoms. The first-order valence-electron chi connectivity index (χ1n) is 7.11. The van der Waals surface area contributed by atoms with Gasteiger partial charge in [0.05, 0.1) is 22.0 Å². The number of nitrogens with one attached hydrogen (secondary N) is 1. The van der Waals surface area contributed by atoms with Gasteiger partial charge in [-0.05, 0) is 39.0 Å². The minimum atomic E-state index is -0.241. The predicted octanol–water partition coefficient (Wildman–Crippen LogP) is 2.79. The molecule has 0 unspecified atom stereocenters. The van der Waals surface area contributed by atoms with E-state index in [0.29, 0.717) is 27.6 Å². The van der Waals surface area contributed by atoms with Gasteiger partial charge in [-0.15, -0.1) is 0 Å². The van der Waals surface area contributed by atoms with Gasteiger partial charge in [0, 0.05) is 6.04 Å². The lowest BCUT2D eigenvalue weighted by Gasteiger charge is -2.10. The molecule has 5 nitrogen and oxygen atoms in total. The number of aromatic nitrogens is 1. The zero-order chi connectivity index (χ0) is 15.9. The summed E-state index contributed by atoms with van der Waals surface area (Å²) in [5.41, 5.74) is 1.49. The summed E-state index contributed by atoms with van der Waals surface area (Å²) in [4.78, 5) is 29.1. The lowest BCUT2D eigenvalue weighted by molar-refractivity contribution is 0.0942. The number of para-hydroxylation sites is 1. The molecule has 3 rings (SSSR count). The summed E-state index contributed by atoms with van der Waals surface area (Å²) in [6, 6.07) is 8.58. The van der Waals surface area contributed by atoms with Crippen LogP contribution in [0.5, 0.6) is 0 Å². The molecule has 0 bridgehead atoms. The van der Waals surface area contributed by atoms with Crippen LogP contribution >= 0.6 is 0 Å². The van der Waals surface area contributed by atoms with E-state index in [4.69, 9.17) is 4.42 Å². The third-order valence-corrected chi connectivity index (χ3v) is 3.43. The number of fused-ring (bicyclic) bond motifs is 2. The van der Waals surface area contributed by atoms with Gasteiger partial charge >= 0.3 is 0 Å². The van der Waals surface area contributed by atoms with Crippen LogP contribution in [0, 0.1) is 6.92 Å². The van der Waals surface area contributed by atoms with Crippen LogP contribution in [-0.2, 0) is 0 Å². The van der Waals surface area contributed by atoms with Crippen molar-refractivity contribution in [3.8, 4) is 0 Å². The number of benzene rings is 1. The van der Waals surface area contributed by atoms with Gasteiger partial charge in [0.25, 0.3) is 5.91 Å². The largest absolute Gasteiger partial charge is 0.437 e. The molecule has 2 heterocycles. The second-order valence-corrected chi connectivity index (χ2v) is 5.53. The van der Waals surface area contributed by atoms with E-state index in [9.17, 15) is 9.59 Å². The van der Waals surface area contributed by atoms with Gasteiger partial charge in [-0.1, -0.05) is 12.1 Å². The molecule has 0 saturated carbocycles. The maximum Gasteiger partial charge on any atom is 0.253 e. The van der Waals surface area contributed by atoms with E-state index < -0.39 is 0 Å². The van der Waals surface area contributed by atoms with Gasteiger partial charge in [0.15, 0.2) is 0 Å². The molecule has 1 N–H and O–H groups in total. The Balaban J connectivity index is 2.28. The molecule has 3 aromatic rings. The average molecular weight is 296 g/mol. The number of hydrogen-bond acceptors (Lipinski definition) is 4. The van der Waals surface area contributed by atoms with Gasteiger partial charge < -0.3 is 9.73 Å². The molecule has 0 aliphatic carbocycles. The smallest absolute Gasteiger partial charge is 0.253 e. The van der Waals surface area contributed by atoms with Crippen LogP contribution in [0.25, 0.3) is 22.1 Å². The maximum absolute atomic E-state index is 12.6. The predicted molar refractivity (Wildman–Crippen MR) is 85.1 cm³/mol. The number of carbonyl (C=O) groups is 1. The molecule has 0 atom stereocenters. The second kappa shape index (κ2) is 5.26. The normalized spacial score (nSPS) is 11.3. The zero-order valence-electron chi connectivity index (χ0n) is 12.6. The molecule has 22 heavy (non-hydrogen) atoms. The Morgan fingerprint density at radius 2 is 1.95 bits per heavy atom. The van der Waals surface area contributed by atoms with Crippen molar-refractivity contribution < 1.29 is 9.21 Å². The summed E-state index contributed by atoms with van der Waals surface area (Å²) in [5.74, 6) is -0.241. The molecule has 0 radical (unpaired) electrons. The fourth-order valence-corrected chi connectivity index (χ4v) is 2.39. The Hall–Kier alpha value is -2.69. The molecule has 0 aliphatic rings. The quantitative estimate of drug-likeness (QED) is 0.738. The number of rotatable bonds is 2. The van der Waals surface area contributed by atoms with Crippen molar-refractivity contribution in [2.45, 2.75) is 26.8 Å². The highest BCUT2D eigenvalue weighted by Gasteiger charge is 2.16. The molecule has 0 fully saturated rings. The molecule has 112 valence electrons. The van der Waals surface area contributed by atoms with Crippen molar-refractivity contribution in [1.82, 2.24) is 10.3 Å². The van der Waals surface area contributed by atoms with Crippen LogP contribution in [0.15, 0.2) is 39.5 Å². The van der Waals surface area contributed by atoms with E-state index >= 15 is 0 Å². The molecular weight excluding hydrogens is 280 g/mol. The monoisotopic (exact) mass is 296 g/mol. The molecule has 0 saturated heterocycles. The summed E-state index contributed by atoms with van der Waals surface area (Å²) in [5, 5.41) is 3.61. The SMILES string of the molecule is Cc1nc2oc3ccccc3c(=O)c2cc1C(=O)NC(C)C. The topological polar surface area (TPSA) is 72.2 Å². The Kier molecular flexibility index (Phi) is 3.41. The average Bonchev–Trinajstić information content (AvgIpc) is 2.46. The minimum absolute atomic E-state index is 0.00982. The van der Waals surface area contributed by atoms with Crippen molar-refractivity contribution in [3.63, 3.8) is 0 Å². The number of nitrogens with zero attached hydrogens (tertiary/aromatic N) is 1. The summed E-state index contributed by atoms with van der Waals surface area (Å²) >= 11 is 0. The van der Waals surface area contributed by atoms with Gasteiger partial charge in [-0.2, -0.15) is 0 Å². The van der Waals surface area contributed by atoms with Crippen LogP contribution in [0.3, 0.4) is 0 Å². The van der Waals surface area contributed by atoms with Crippen LogP contribution in [0.1, 0.15) is 29.9 Å². The van der Waals surface area contributed by atoms with Crippen LogP contribution in [-0.4, -0.2) is 16.9 Å². The van der Waals surface area contributed by atoms with Gasteiger partial charge in [-0.3, -0.25) is 9.59 Å². The van der Waals surface area contributed by atoms with E-state index in [1.54, 1.807) is 37.3 Å². The summed E-state index contributed by atoms with van der Waals surface area (Å²) in [6.07, 6.45) is 0. The summed E-state index contributed by atoms with van der Waals surface area (Å²) in [6.45, 7) is 5.48. The third kappa shape index (κ3) is 2.35. The fraction of sp³-hybridized carbons (Fsp3) is 0.235. The van der Waals surface area contributed by atoms with Crippen molar-refractivity contribution in [3.05, 3.63) is 51.8 Å². The number of aryl methyl sites for hydroxylation is 1. The van der Waals surface area contributed by atoms with Crippen molar-refractivity contribution in [2.75, 3.05) is 0 Å². The third-order valence-electron chi connectivity index (χ3n) is 3.43. The van der Waals surface area contributed by atoms with Crippen molar-refractivity contribution in [1.29, 1.82) is 0 Å². The van der Waals surface area contributed by atoms with Crippen molar-refractivity contribution >= 4 is 28.0 Å². The highest BCUT2D eigenvalue weighted by molar-refractivity contribution is 5.99. The van der Waals surface area contributed by atoms with E-state index in [1.807, 2.05) is 13.8 Å². The molecular formula is C17H16N2O3. The second-order valence-electron chi connectivity index (χ2n) is 5.53. The fourth-order valence-electron chi connectivity index (χ4n) is 2.39. The first-order chi connectivity index (χ1) is 10.5. The number of amides is 1. The first kappa shape index (κ1) is 14.3. The molecule has 2 aromatic heterocycles. The molecule has 1 amide bonds. The first-order valence-corrected chi connectivity index (χ1v) is 7.11. The number of pyridine rings is 1. The van der Waals surface area contributed by atoms with E-state index in [-0.39, 0.29) is 23.1 Å². The van der Waals surface area contributed by atoms with E-state index in [0.717, 1.165) is 0 Å². The number of hydrogen-bond donors (Lipinski definition) is 1. The Morgan fingerprint density at radius 1 is 1.23 bits per heavy atom. The van der Waals surface area contributed by atoms with Crippen LogP contribution in [0.4, 0.5) is 0 Å². The molecule has 5 heteroatoms. The minimum Gasteiger partial charge on any atom is -0.437 e. The van der Waals surface area contributed by atoms with Gasteiger partial charge in [-0.25, -0.2) is 4.98 Å². The van der Waals surface area contributed by atoms with E-state index in [1.165, 1.54) is 0 Å². The lowest BCUT2D eigenvalue weighted by Crippen LogP contribution is -2.31. The summed E-state index contributed by atoms with van der Waals surface area (Å²) < 4.78 is 5.68. The standard InChI is InChI=1S/C17H16N2O3/c1-9(2)18-16(21)12-8-13-15(20)11-6-4-5-7-14(11)22-17(13)19-10(12)3/h4-9H,1-3H3,(H,18,21). The Bertz CT molecular complexity index is 942. The maximum atomic E-state index is 12.6. The zero-order valence-corrected chi connectivity index (χ0v) is 12.6. The Labute approximate surface area is 127 Å².